The predicted molar refractivity (Wildman–Crippen MR) is 83.5 cm³/mol. The third-order valence-corrected chi connectivity index (χ3v) is 2.96. The summed E-state index contributed by atoms with van der Waals surface area (Å²) in [4.78, 5) is 34.9. The van der Waals surface area contributed by atoms with Gasteiger partial charge in [-0.05, 0) is 26.3 Å². The van der Waals surface area contributed by atoms with E-state index in [1.54, 1.807) is 44.3 Å². The molecule has 8 heteroatoms. The standard InChI is InChI=1S/C17H20F3NO4/c1-16(2,3)25-14(23)10-12(22)9-13(11-7-5-4-6-8-11)21-15(24)17(18,19)20/h4-8,13H,9-10H2,1-3H3,(H,21,24). The first-order chi connectivity index (χ1) is 11.4. The fourth-order valence-corrected chi connectivity index (χ4v) is 2.02. The Morgan fingerprint density at radius 3 is 2.12 bits per heavy atom. The molecule has 1 aromatic carbocycles. The Kier molecular flexibility index (Phi) is 6.72. The van der Waals surface area contributed by atoms with Gasteiger partial charge < -0.3 is 10.1 Å². The molecular weight excluding hydrogens is 339 g/mol. The molecule has 138 valence electrons. The smallest absolute Gasteiger partial charge is 0.460 e. The molecule has 0 saturated carbocycles. The third-order valence-electron chi connectivity index (χ3n) is 2.96. The van der Waals surface area contributed by atoms with E-state index in [1.165, 1.54) is 12.1 Å². The van der Waals surface area contributed by atoms with Gasteiger partial charge in [0, 0.05) is 6.42 Å². The lowest BCUT2D eigenvalue weighted by Crippen LogP contribution is -2.40. The summed E-state index contributed by atoms with van der Waals surface area (Å²) in [5.74, 6) is -3.55. The van der Waals surface area contributed by atoms with Crippen molar-refractivity contribution < 1.29 is 32.3 Å². The van der Waals surface area contributed by atoms with Crippen molar-refractivity contribution in [2.24, 2.45) is 0 Å². The van der Waals surface area contributed by atoms with Crippen LogP contribution in [-0.4, -0.2) is 29.4 Å². The summed E-state index contributed by atoms with van der Waals surface area (Å²) in [5, 5.41) is 1.79. The topological polar surface area (TPSA) is 72.5 Å². The Hall–Kier alpha value is -2.38. The molecule has 1 unspecified atom stereocenters. The molecule has 0 radical (unpaired) electrons. The monoisotopic (exact) mass is 359 g/mol. The summed E-state index contributed by atoms with van der Waals surface area (Å²) in [6.45, 7) is 4.89. The predicted octanol–water partition coefficient (Wildman–Crippen LogP) is 3.10. The maximum Gasteiger partial charge on any atom is 0.471 e. The van der Waals surface area contributed by atoms with E-state index in [2.05, 4.69) is 0 Å². The van der Waals surface area contributed by atoms with Crippen LogP contribution < -0.4 is 5.32 Å². The summed E-state index contributed by atoms with van der Waals surface area (Å²) in [6.07, 6.45) is -6.10. The highest BCUT2D eigenvalue weighted by Gasteiger charge is 2.40. The SMILES string of the molecule is CC(C)(C)OC(=O)CC(=O)CC(NC(=O)C(F)(F)F)c1ccccc1. The third kappa shape index (κ3) is 7.82. The zero-order valence-corrected chi connectivity index (χ0v) is 14.1. The van der Waals surface area contributed by atoms with Gasteiger partial charge in [-0.25, -0.2) is 0 Å². The summed E-state index contributed by atoms with van der Waals surface area (Å²) in [7, 11) is 0. The average molecular weight is 359 g/mol. The van der Waals surface area contributed by atoms with E-state index >= 15 is 0 Å². The lowest BCUT2D eigenvalue weighted by molar-refractivity contribution is -0.174. The summed E-state index contributed by atoms with van der Waals surface area (Å²) >= 11 is 0. The van der Waals surface area contributed by atoms with E-state index in [9.17, 15) is 27.6 Å². The molecule has 0 aliphatic rings. The second-order valence-corrected chi connectivity index (χ2v) is 6.44. The van der Waals surface area contributed by atoms with Crippen LogP contribution in [0.4, 0.5) is 13.2 Å². The zero-order chi connectivity index (χ0) is 19.3. The van der Waals surface area contributed by atoms with Crippen LogP contribution >= 0.6 is 0 Å². The fraction of sp³-hybridized carbons (Fsp3) is 0.471. The molecule has 1 aromatic rings. The summed E-state index contributed by atoms with van der Waals surface area (Å²) in [5.41, 5.74) is -0.446. The molecule has 0 heterocycles. The molecule has 1 rings (SSSR count). The summed E-state index contributed by atoms with van der Waals surface area (Å²) in [6, 6.07) is 6.57. The highest BCUT2D eigenvalue weighted by Crippen LogP contribution is 2.22. The van der Waals surface area contributed by atoms with Crippen LogP contribution in [-0.2, 0) is 19.1 Å². The highest BCUT2D eigenvalue weighted by atomic mass is 19.4. The van der Waals surface area contributed by atoms with Crippen LogP contribution in [0.3, 0.4) is 0 Å². The highest BCUT2D eigenvalue weighted by molar-refractivity contribution is 5.96. The Morgan fingerprint density at radius 2 is 1.64 bits per heavy atom. The molecule has 5 nitrogen and oxygen atoms in total. The van der Waals surface area contributed by atoms with Gasteiger partial charge in [0.05, 0.1) is 6.04 Å². The number of alkyl halides is 3. The number of hydrogen-bond donors (Lipinski definition) is 1. The fourth-order valence-electron chi connectivity index (χ4n) is 2.02. The Bertz CT molecular complexity index is 621. The number of carbonyl (C=O) groups excluding carboxylic acids is 3. The Labute approximate surface area is 143 Å². The van der Waals surface area contributed by atoms with Crippen molar-refractivity contribution in [3.8, 4) is 0 Å². The molecule has 0 aliphatic heterocycles. The molecule has 0 saturated heterocycles. The van der Waals surface area contributed by atoms with Gasteiger partial charge in [0.2, 0.25) is 0 Å². The quantitative estimate of drug-likeness (QED) is 0.626. The number of ketones is 1. The van der Waals surface area contributed by atoms with Crippen molar-refractivity contribution in [2.75, 3.05) is 0 Å². The Morgan fingerprint density at radius 1 is 1.08 bits per heavy atom. The van der Waals surface area contributed by atoms with Crippen LogP contribution in [0.5, 0.6) is 0 Å². The van der Waals surface area contributed by atoms with Crippen molar-refractivity contribution in [1.82, 2.24) is 5.32 Å². The number of nitrogens with one attached hydrogen (secondary N) is 1. The molecule has 0 spiro atoms. The molecule has 1 N–H and O–H groups in total. The molecule has 1 amide bonds. The van der Waals surface area contributed by atoms with Gasteiger partial charge in [-0.2, -0.15) is 13.2 Å². The molecule has 25 heavy (non-hydrogen) atoms. The van der Waals surface area contributed by atoms with Crippen molar-refractivity contribution in [3.63, 3.8) is 0 Å². The largest absolute Gasteiger partial charge is 0.471 e. The minimum atomic E-state index is -5.07. The van der Waals surface area contributed by atoms with Gasteiger partial charge in [0.25, 0.3) is 0 Å². The van der Waals surface area contributed by atoms with Gasteiger partial charge in [-0.3, -0.25) is 14.4 Å². The number of amides is 1. The number of hydrogen-bond acceptors (Lipinski definition) is 4. The molecule has 0 fully saturated rings. The first-order valence-electron chi connectivity index (χ1n) is 7.54. The van der Waals surface area contributed by atoms with Crippen LogP contribution in [0.25, 0.3) is 0 Å². The molecule has 0 bridgehead atoms. The zero-order valence-electron chi connectivity index (χ0n) is 14.1. The minimum Gasteiger partial charge on any atom is -0.460 e. The maximum absolute atomic E-state index is 12.5. The van der Waals surface area contributed by atoms with Crippen molar-refractivity contribution in [3.05, 3.63) is 35.9 Å². The van der Waals surface area contributed by atoms with E-state index in [1.807, 2.05) is 0 Å². The molecule has 0 aromatic heterocycles. The van der Waals surface area contributed by atoms with Crippen LogP contribution in [0.2, 0.25) is 0 Å². The van der Waals surface area contributed by atoms with E-state index in [0.717, 1.165) is 0 Å². The van der Waals surface area contributed by atoms with Crippen LogP contribution in [0.1, 0.15) is 45.2 Å². The lowest BCUT2D eigenvalue weighted by atomic mass is 10.00. The minimum absolute atomic E-state index is 0.331. The number of halogens is 3. The van der Waals surface area contributed by atoms with E-state index in [0.29, 0.717) is 5.56 Å². The maximum atomic E-state index is 12.5. The van der Waals surface area contributed by atoms with Crippen molar-refractivity contribution >= 4 is 17.7 Å². The van der Waals surface area contributed by atoms with Gasteiger partial charge >= 0.3 is 18.1 Å². The first kappa shape index (κ1) is 20.7. The number of ether oxygens (including phenoxy) is 1. The second-order valence-electron chi connectivity index (χ2n) is 6.44. The lowest BCUT2D eigenvalue weighted by Gasteiger charge is -2.21. The first-order valence-corrected chi connectivity index (χ1v) is 7.54. The molecular formula is C17H20F3NO4. The molecule has 0 aliphatic carbocycles. The van der Waals surface area contributed by atoms with Crippen molar-refractivity contribution in [2.45, 2.75) is 51.4 Å². The van der Waals surface area contributed by atoms with E-state index < -0.39 is 48.3 Å². The second kappa shape index (κ2) is 8.13. The number of benzene rings is 1. The summed E-state index contributed by atoms with van der Waals surface area (Å²) < 4.78 is 42.5. The number of Topliss-reactive ketones (excluding diaryl/α,β-unsaturated/α-hetero) is 1. The number of rotatable bonds is 6. The van der Waals surface area contributed by atoms with Gasteiger partial charge in [0.1, 0.15) is 17.8 Å². The van der Waals surface area contributed by atoms with Crippen LogP contribution in [0.15, 0.2) is 30.3 Å². The number of carbonyl (C=O) groups is 3. The van der Waals surface area contributed by atoms with Crippen LogP contribution in [0, 0.1) is 0 Å². The average Bonchev–Trinajstić information content (AvgIpc) is 2.44. The van der Waals surface area contributed by atoms with E-state index in [-0.39, 0.29) is 0 Å². The van der Waals surface area contributed by atoms with E-state index in [4.69, 9.17) is 4.74 Å². The van der Waals surface area contributed by atoms with Gasteiger partial charge in [-0.15, -0.1) is 0 Å². The van der Waals surface area contributed by atoms with Crippen molar-refractivity contribution in [1.29, 1.82) is 0 Å². The van der Waals surface area contributed by atoms with Gasteiger partial charge in [0.15, 0.2) is 0 Å². The van der Waals surface area contributed by atoms with Gasteiger partial charge in [-0.1, -0.05) is 30.3 Å². The normalized spacial score (nSPS) is 13.0. The molecule has 1 atom stereocenters. The number of esters is 1. The Balaban J connectivity index is 2.82.